The summed E-state index contributed by atoms with van der Waals surface area (Å²) in [5.41, 5.74) is 0.761. The van der Waals surface area contributed by atoms with Crippen molar-refractivity contribution in [3.8, 4) is 5.75 Å². The number of ether oxygens (including phenoxy) is 2. The standard InChI is InChI=1S/C19H29N3O3/c1-14(23)22-15-4-2-5-16(12-15)25-11-9-20-18-7-3-6-17(18)19-13-24-10-8-21-19/h2,4-5,12,17-21H,3,6-11,13H2,1H3,(H,22,23). The van der Waals surface area contributed by atoms with Crippen molar-refractivity contribution >= 4 is 11.6 Å². The van der Waals surface area contributed by atoms with Gasteiger partial charge in [-0.3, -0.25) is 4.79 Å². The van der Waals surface area contributed by atoms with E-state index in [-0.39, 0.29) is 5.91 Å². The number of benzene rings is 1. The Balaban J connectivity index is 1.41. The molecule has 0 bridgehead atoms. The van der Waals surface area contributed by atoms with E-state index in [4.69, 9.17) is 9.47 Å². The number of morpholine rings is 1. The second-order valence-corrected chi connectivity index (χ2v) is 6.85. The molecule has 2 fully saturated rings. The van der Waals surface area contributed by atoms with Crippen LogP contribution in [0.25, 0.3) is 0 Å². The van der Waals surface area contributed by atoms with E-state index in [1.54, 1.807) is 0 Å². The Morgan fingerprint density at radius 1 is 1.40 bits per heavy atom. The van der Waals surface area contributed by atoms with Crippen molar-refractivity contribution in [3.05, 3.63) is 24.3 Å². The Hall–Kier alpha value is -1.63. The summed E-state index contributed by atoms with van der Waals surface area (Å²) in [6.45, 7) is 5.55. The Morgan fingerprint density at radius 3 is 3.12 bits per heavy atom. The Labute approximate surface area is 149 Å². The minimum atomic E-state index is -0.0774. The van der Waals surface area contributed by atoms with Crippen LogP contribution in [-0.2, 0) is 9.53 Å². The molecular weight excluding hydrogens is 318 g/mol. The molecule has 1 saturated heterocycles. The highest BCUT2D eigenvalue weighted by atomic mass is 16.5. The largest absolute Gasteiger partial charge is 0.492 e. The van der Waals surface area contributed by atoms with E-state index in [0.717, 1.165) is 37.7 Å². The number of carbonyl (C=O) groups excluding carboxylic acids is 1. The summed E-state index contributed by atoms with van der Waals surface area (Å²) in [4.78, 5) is 11.1. The van der Waals surface area contributed by atoms with Gasteiger partial charge in [0.15, 0.2) is 0 Å². The van der Waals surface area contributed by atoms with Gasteiger partial charge in [0.1, 0.15) is 12.4 Å². The average Bonchev–Trinajstić information content (AvgIpc) is 3.08. The number of rotatable bonds is 7. The van der Waals surface area contributed by atoms with E-state index in [9.17, 15) is 4.79 Å². The second kappa shape index (κ2) is 9.17. The van der Waals surface area contributed by atoms with E-state index < -0.39 is 0 Å². The van der Waals surface area contributed by atoms with Crippen molar-refractivity contribution in [1.82, 2.24) is 10.6 Å². The molecule has 138 valence electrons. The molecular formula is C19H29N3O3. The fourth-order valence-electron chi connectivity index (χ4n) is 3.86. The van der Waals surface area contributed by atoms with Crippen LogP contribution in [0, 0.1) is 5.92 Å². The predicted octanol–water partition coefficient (Wildman–Crippen LogP) is 1.77. The van der Waals surface area contributed by atoms with Crippen LogP contribution in [-0.4, -0.2) is 50.9 Å². The zero-order valence-corrected chi connectivity index (χ0v) is 14.9. The summed E-state index contributed by atoms with van der Waals surface area (Å²) in [7, 11) is 0. The zero-order valence-electron chi connectivity index (χ0n) is 14.9. The van der Waals surface area contributed by atoms with Crippen molar-refractivity contribution in [3.63, 3.8) is 0 Å². The zero-order chi connectivity index (χ0) is 17.5. The van der Waals surface area contributed by atoms with Crippen LogP contribution in [0.1, 0.15) is 26.2 Å². The second-order valence-electron chi connectivity index (χ2n) is 6.85. The molecule has 6 nitrogen and oxygen atoms in total. The molecule has 0 aromatic heterocycles. The summed E-state index contributed by atoms with van der Waals surface area (Å²) >= 11 is 0. The molecule has 3 atom stereocenters. The first kappa shape index (κ1) is 18.2. The predicted molar refractivity (Wildman–Crippen MR) is 98.0 cm³/mol. The normalized spacial score (nSPS) is 26.4. The fraction of sp³-hybridized carbons (Fsp3) is 0.632. The molecule has 25 heavy (non-hydrogen) atoms. The molecule has 2 aliphatic rings. The lowest BCUT2D eigenvalue weighted by molar-refractivity contribution is -0.114. The van der Waals surface area contributed by atoms with Gasteiger partial charge in [-0.25, -0.2) is 0 Å². The lowest BCUT2D eigenvalue weighted by Gasteiger charge is -2.33. The van der Waals surface area contributed by atoms with Crippen LogP contribution in [0.4, 0.5) is 5.69 Å². The molecule has 0 spiro atoms. The Kier molecular flexibility index (Phi) is 6.67. The first-order chi connectivity index (χ1) is 12.2. The van der Waals surface area contributed by atoms with Crippen molar-refractivity contribution in [2.45, 2.75) is 38.3 Å². The molecule has 6 heteroatoms. The Morgan fingerprint density at radius 2 is 2.32 bits per heavy atom. The highest BCUT2D eigenvalue weighted by molar-refractivity contribution is 5.88. The van der Waals surface area contributed by atoms with Gasteiger partial charge in [0.2, 0.25) is 5.91 Å². The van der Waals surface area contributed by atoms with Crippen LogP contribution in [0.3, 0.4) is 0 Å². The van der Waals surface area contributed by atoms with Gasteiger partial charge < -0.3 is 25.4 Å². The maximum absolute atomic E-state index is 11.1. The van der Waals surface area contributed by atoms with Crippen molar-refractivity contribution < 1.29 is 14.3 Å². The van der Waals surface area contributed by atoms with Crippen molar-refractivity contribution in [2.75, 3.05) is 38.2 Å². The van der Waals surface area contributed by atoms with Gasteiger partial charge in [0.05, 0.1) is 13.2 Å². The average molecular weight is 347 g/mol. The summed E-state index contributed by atoms with van der Waals surface area (Å²) in [5.74, 6) is 1.34. The van der Waals surface area contributed by atoms with Gasteiger partial charge in [0.25, 0.3) is 0 Å². The van der Waals surface area contributed by atoms with Crippen LogP contribution < -0.4 is 20.7 Å². The van der Waals surface area contributed by atoms with E-state index in [2.05, 4.69) is 16.0 Å². The number of amides is 1. The van der Waals surface area contributed by atoms with Gasteiger partial charge in [-0.1, -0.05) is 12.5 Å². The highest BCUT2D eigenvalue weighted by Crippen LogP contribution is 2.29. The lowest BCUT2D eigenvalue weighted by atomic mass is 9.94. The molecule has 3 N–H and O–H groups in total. The molecule has 1 aliphatic carbocycles. The van der Waals surface area contributed by atoms with E-state index in [1.807, 2.05) is 24.3 Å². The number of nitrogens with one attached hydrogen (secondary N) is 3. The van der Waals surface area contributed by atoms with Gasteiger partial charge in [-0.2, -0.15) is 0 Å². The molecule has 0 radical (unpaired) electrons. The van der Waals surface area contributed by atoms with Gasteiger partial charge in [0, 0.05) is 43.9 Å². The van der Waals surface area contributed by atoms with Crippen molar-refractivity contribution in [1.29, 1.82) is 0 Å². The smallest absolute Gasteiger partial charge is 0.221 e. The molecule has 3 rings (SSSR count). The lowest BCUT2D eigenvalue weighted by Crippen LogP contribution is -2.51. The minimum Gasteiger partial charge on any atom is -0.492 e. The first-order valence-corrected chi connectivity index (χ1v) is 9.27. The molecule has 1 aliphatic heterocycles. The van der Waals surface area contributed by atoms with E-state index >= 15 is 0 Å². The number of hydrogen-bond acceptors (Lipinski definition) is 5. The van der Waals surface area contributed by atoms with E-state index in [1.165, 1.54) is 26.2 Å². The molecule has 1 aromatic rings. The Bertz CT molecular complexity index is 561. The van der Waals surface area contributed by atoms with Gasteiger partial charge >= 0.3 is 0 Å². The highest BCUT2D eigenvalue weighted by Gasteiger charge is 2.34. The SMILES string of the molecule is CC(=O)Nc1cccc(OCCNC2CCCC2C2COCCN2)c1. The molecule has 1 heterocycles. The van der Waals surface area contributed by atoms with Crippen molar-refractivity contribution in [2.24, 2.45) is 5.92 Å². The topological polar surface area (TPSA) is 71.6 Å². The summed E-state index contributed by atoms with van der Waals surface area (Å²) in [5, 5.41) is 10.0. The van der Waals surface area contributed by atoms with Crippen LogP contribution in [0.5, 0.6) is 5.75 Å². The fourth-order valence-corrected chi connectivity index (χ4v) is 3.86. The first-order valence-electron chi connectivity index (χ1n) is 9.27. The van der Waals surface area contributed by atoms with Crippen LogP contribution >= 0.6 is 0 Å². The van der Waals surface area contributed by atoms with Crippen LogP contribution in [0.15, 0.2) is 24.3 Å². The summed E-state index contributed by atoms with van der Waals surface area (Å²) < 4.78 is 11.4. The molecule has 1 aromatic carbocycles. The number of carbonyl (C=O) groups is 1. The third-order valence-electron chi connectivity index (χ3n) is 4.97. The minimum absolute atomic E-state index is 0.0774. The van der Waals surface area contributed by atoms with Gasteiger partial charge in [-0.05, 0) is 30.9 Å². The third-order valence-corrected chi connectivity index (χ3v) is 4.97. The summed E-state index contributed by atoms with van der Waals surface area (Å²) in [6.07, 6.45) is 3.76. The summed E-state index contributed by atoms with van der Waals surface area (Å²) in [6, 6.07) is 8.51. The number of hydrogen-bond donors (Lipinski definition) is 3. The van der Waals surface area contributed by atoms with Gasteiger partial charge in [-0.15, -0.1) is 0 Å². The quantitative estimate of drug-likeness (QED) is 0.656. The van der Waals surface area contributed by atoms with Crippen LogP contribution in [0.2, 0.25) is 0 Å². The molecule has 1 saturated carbocycles. The molecule has 3 unspecified atom stereocenters. The monoisotopic (exact) mass is 347 g/mol. The molecule has 1 amide bonds. The number of anilines is 1. The maximum atomic E-state index is 11.1. The van der Waals surface area contributed by atoms with E-state index in [0.29, 0.717) is 24.6 Å². The maximum Gasteiger partial charge on any atom is 0.221 e. The third kappa shape index (κ3) is 5.42.